The highest BCUT2D eigenvalue weighted by Gasteiger charge is 2.12. The van der Waals surface area contributed by atoms with Crippen molar-refractivity contribution in [2.24, 2.45) is 0 Å². The molecule has 0 aliphatic carbocycles. The molecule has 0 aliphatic rings. The van der Waals surface area contributed by atoms with E-state index in [2.05, 4.69) is 10.9 Å². The number of para-hydroxylation sites is 2. The third kappa shape index (κ3) is 5.49. The van der Waals surface area contributed by atoms with Gasteiger partial charge in [-0.2, -0.15) is 0 Å². The van der Waals surface area contributed by atoms with Crippen molar-refractivity contribution in [3.05, 3.63) is 59.9 Å². The molecule has 0 aromatic heterocycles. The maximum Gasteiger partial charge on any atom is 0.276 e. The highest BCUT2D eigenvalue weighted by atomic mass is 19.1. The minimum absolute atomic E-state index is 0.165. The normalized spacial score (nSPS) is 10.0. The zero-order valence-corrected chi connectivity index (χ0v) is 13.8. The summed E-state index contributed by atoms with van der Waals surface area (Å²) in [6, 6.07) is 12.4. The summed E-state index contributed by atoms with van der Waals surface area (Å²) in [6.07, 6.45) is 0.844. The molecule has 2 amide bonds. The lowest BCUT2D eigenvalue weighted by Gasteiger charge is -2.12. The second-order valence-corrected chi connectivity index (χ2v) is 5.07. The van der Waals surface area contributed by atoms with Gasteiger partial charge in [0.25, 0.3) is 11.8 Å². The number of amides is 2. The molecule has 25 heavy (non-hydrogen) atoms. The molecule has 2 N–H and O–H groups in total. The molecule has 2 aromatic rings. The summed E-state index contributed by atoms with van der Waals surface area (Å²) in [5.74, 6) is -1.06. The van der Waals surface area contributed by atoms with Crippen LogP contribution in [0.5, 0.6) is 11.5 Å². The van der Waals surface area contributed by atoms with E-state index in [1.165, 1.54) is 18.2 Å². The number of hydrazine groups is 1. The first-order valence-electron chi connectivity index (χ1n) is 7.80. The van der Waals surface area contributed by atoms with Gasteiger partial charge in [0.15, 0.2) is 18.1 Å². The maximum atomic E-state index is 13.5. The van der Waals surface area contributed by atoms with Crippen molar-refractivity contribution in [1.29, 1.82) is 0 Å². The molecule has 0 bridgehead atoms. The fourth-order valence-electron chi connectivity index (χ4n) is 1.92. The molecule has 0 unspecified atom stereocenters. The first-order chi connectivity index (χ1) is 12.1. The predicted octanol–water partition coefficient (Wildman–Crippen LogP) is 2.45. The van der Waals surface area contributed by atoms with Gasteiger partial charge in [0, 0.05) is 0 Å². The van der Waals surface area contributed by atoms with Gasteiger partial charge in [-0.3, -0.25) is 20.4 Å². The van der Waals surface area contributed by atoms with Gasteiger partial charge in [0.2, 0.25) is 0 Å². The Labute approximate surface area is 144 Å². The molecular formula is C18H19FN2O4. The van der Waals surface area contributed by atoms with Crippen molar-refractivity contribution < 1.29 is 23.5 Å². The van der Waals surface area contributed by atoms with E-state index in [9.17, 15) is 14.0 Å². The second-order valence-electron chi connectivity index (χ2n) is 5.07. The van der Waals surface area contributed by atoms with E-state index >= 15 is 0 Å². The minimum atomic E-state index is -0.752. The van der Waals surface area contributed by atoms with Gasteiger partial charge in [-0.1, -0.05) is 31.2 Å². The number of hydrogen-bond acceptors (Lipinski definition) is 4. The van der Waals surface area contributed by atoms with Crippen LogP contribution in [0.3, 0.4) is 0 Å². The molecule has 0 fully saturated rings. The van der Waals surface area contributed by atoms with Crippen molar-refractivity contribution in [1.82, 2.24) is 10.9 Å². The van der Waals surface area contributed by atoms with Crippen molar-refractivity contribution in [3.63, 3.8) is 0 Å². The lowest BCUT2D eigenvalue weighted by Crippen LogP contribution is -2.44. The Morgan fingerprint density at radius 1 is 0.960 bits per heavy atom. The van der Waals surface area contributed by atoms with Gasteiger partial charge in [-0.25, -0.2) is 4.39 Å². The number of carbonyl (C=O) groups is 2. The van der Waals surface area contributed by atoms with E-state index in [1.54, 1.807) is 24.3 Å². The van der Waals surface area contributed by atoms with Crippen LogP contribution in [0.2, 0.25) is 0 Å². The third-order valence-corrected chi connectivity index (χ3v) is 3.10. The van der Waals surface area contributed by atoms with Crippen LogP contribution < -0.4 is 20.3 Å². The molecular weight excluding hydrogens is 327 g/mol. The van der Waals surface area contributed by atoms with Crippen LogP contribution in [0.1, 0.15) is 23.7 Å². The Kier molecular flexibility index (Phi) is 6.76. The first-order valence-corrected chi connectivity index (χ1v) is 7.80. The quantitative estimate of drug-likeness (QED) is 0.755. The number of rotatable bonds is 7. The first kappa shape index (κ1) is 18.3. The summed E-state index contributed by atoms with van der Waals surface area (Å²) in [5, 5.41) is 0. The summed E-state index contributed by atoms with van der Waals surface area (Å²) < 4.78 is 24.4. The van der Waals surface area contributed by atoms with Gasteiger partial charge in [0.05, 0.1) is 12.2 Å². The molecule has 2 aromatic carbocycles. The Morgan fingerprint density at radius 2 is 1.60 bits per heavy atom. The average molecular weight is 346 g/mol. The minimum Gasteiger partial charge on any atom is -0.490 e. The van der Waals surface area contributed by atoms with Crippen LogP contribution in [-0.2, 0) is 4.79 Å². The van der Waals surface area contributed by atoms with Crippen LogP contribution in [0.25, 0.3) is 0 Å². The van der Waals surface area contributed by atoms with Gasteiger partial charge >= 0.3 is 0 Å². The fraction of sp³-hybridized carbons (Fsp3) is 0.222. The van der Waals surface area contributed by atoms with Crippen molar-refractivity contribution in [2.45, 2.75) is 13.3 Å². The number of nitrogens with one attached hydrogen (secondary N) is 2. The highest BCUT2D eigenvalue weighted by molar-refractivity contribution is 5.95. The van der Waals surface area contributed by atoms with E-state index in [4.69, 9.17) is 9.47 Å². The number of hydrogen-bond donors (Lipinski definition) is 2. The number of carbonyl (C=O) groups excluding carboxylic acids is 2. The largest absolute Gasteiger partial charge is 0.490 e. The zero-order chi connectivity index (χ0) is 18.1. The number of ether oxygens (including phenoxy) is 2. The van der Waals surface area contributed by atoms with Crippen LogP contribution in [0, 0.1) is 5.82 Å². The van der Waals surface area contributed by atoms with Crippen LogP contribution >= 0.6 is 0 Å². The van der Waals surface area contributed by atoms with Gasteiger partial charge < -0.3 is 9.47 Å². The van der Waals surface area contributed by atoms with E-state index in [0.717, 1.165) is 12.5 Å². The van der Waals surface area contributed by atoms with Crippen molar-refractivity contribution in [2.75, 3.05) is 13.2 Å². The van der Waals surface area contributed by atoms with Gasteiger partial charge in [0.1, 0.15) is 5.82 Å². The number of halogens is 1. The van der Waals surface area contributed by atoms with Crippen LogP contribution in [0.15, 0.2) is 48.5 Å². The highest BCUT2D eigenvalue weighted by Crippen LogP contribution is 2.26. The fourth-order valence-corrected chi connectivity index (χ4v) is 1.92. The topological polar surface area (TPSA) is 76.7 Å². The SMILES string of the molecule is CCCOc1ccccc1OCC(=O)NNC(=O)c1ccccc1F. The summed E-state index contributed by atoms with van der Waals surface area (Å²) in [7, 11) is 0. The summed E-state index contributed by atoms with van der Waals surface area (Å²) in [4.78, 5) is 23.6. The number of benzene rings is 2. The summed E-state index contributed by atoms with van der Waals surface area (Å²) in [5.41, 5.74) is 4.14. The van der Waals surface area contributed by atoms with E-state index in [0.29, 0.717) is 18.1 Å². The van der Waals surface area contributed by atoms with Crippen molar-refractivity contribution in [3.8, 4) is 11.5 Å². The zero-order valence-electron chi connectivity index (χ0n) is 13.8. The molecule has 132 valence electrons. The lowest BCUT2D eigenvalue weighted by atomic mass is 10.2. The van der Waals surface area contributed by atoms with E-state index in [-0.39, 0.29) is 12.2 Å². The van der Waals surface area contributed by atoms with Crippen molar-refractivity contribution >= 4 is 11.8 Å². The molecule has 0 aliphatic heterocycles. The monoisotopic (exact) mass is 346 g/mol. The van der Waals surface area contributed by atoms with E-state index in [1.807, 2.05) is 6.92 Å². The Hall–Kier alpha value is -3.09. The molecule has 0 radical (unpaired) electrons. The third-order valence-electron chi connectivity index (χ3n) is 3.10. The molecule has 7 heteroatoms. The molecule has 0 atom stereocenters. The summed E-state index contributed by atoms with van der Waals surface area (Å²) in [6.45, 7) is 2.19. The molecule has 2 rings (SSSR count). The molecule has 0 saturated carbocycles. The average Bonchev–Trinajstić information content (AvgIpc) is 2.63. The standard InChI is InChI=1S/C18H19FN2O4/c1-2-11-24-15-9-5-6-10-16(15)25-12-17(22)20-21-18(23)13-7-3-4-8-14(13)19/h3-10H,2,11-12H2,1H3,(H,20,22)(H,21,23). The Morgan fingerprint density at radius 3 is 2.28 bits per heavy atom. The molecule has 0 heterocycles. The molecule has 0 spiro atoms. The summed E-state index contributed by atoms with van der Waals surface area (Å²) >= 11 is 0. The Bertz CT molecular complexity index is 737. The van der Waals surface area contributed by atoms with Gasteiger partial charge in [-0.05, 0) is 30.7 Å². The van der Waals surface area contributed by atoms with Crippen LogP contribution in [-0.4, -0.2) is 25.0 Å². The lowest BCUT2D eigenvalue weighted by molar-refractivity contribution is -0.123. The smallest absolute Gasteiger partial charge is 0.276 e. The predicted molar refractivity (Wildman–Crippen MR) is 89.7 cm³/mol. The van der Waals surface area contributed by atoms with Crippen LogP contribution in [0.4, 0.5) is 4.39 Å². The molecule has 6 nitrogen and oxygen atoms in total. The van der Waals surface area contributed by atoms with E-state index < -0.39 is 17.6 Å². The molecule has 0 saturated heterocycles. The van der Waals surface area contributed by atoms with Gasteiger partial charge in [-0.15, -0.1) is 0 Å². The maximum absolute atomic E-state index is 13.5. The Balaban J connectivity index is 1.83. The second kappa shape index (κ2) is 9.27.